The van der Waals surface area contributed by atoms with E-state index < -0.39 is 10.1 Å². The quantitative estimate of drug-likeness (QED) is 0.0889. The molecular weight excluding hydrogens is 486 g/mol. The van der Waals surface area contributed by atoms with Crippen molar-refractivity contribution in [2.75, 3.05) is 23.7 Å². The first-order chi connectivity index (χ1) is 14.3. The van der Waals surface area contributed by atoms with Gasteiger partial charge in [-0.2, -0.15) is 18.2 Å². The van der Waals surface area contributed by atoms with E-state index in [1.807, 2.05) is 24.3 Å². The molecule has 0 aliphatic carbocycles. The van der Waals surface area contributed by atoms with E-state index in [2.05, 4.69) is 27.3 Å². The predicted octanol–water partition coefficient (Wildman–Crippen LogP) is -2.77. The number of anilines is 2. The normalized spacial score (nSPS) is 10.2. The Morgan fingerprint density at radius 3 is 1.66 bits per heavy atom. The molecule has 162 valence electrons. The minimum atomic E-state index is -4.44. The SMILES string of the molecule is O=S(=O)([O-])c1ccc(NC(=S)NCCCCCCNC(=S)Nc2cc[c-]cc2)cc1.[Na+].[Na+]. The Balaban J connectivity index is 0.00000480. The van der Waals surface area contributed by atoms with E-state index in [1.165, 1.54) is 24.3 Å². The Hall–Kier alpha value is -0.270. The van der Waals surface area contributed by atoms with Gasteiger partial charge < -0.3 is 25.8 Å². The molecule has 0 aliphatic rings. The molecule has 0 radical (unpaired) electrons. The third-order valence-electron chi connectivity index (χ3n) is 4.05. The van der Waals surface area contributed by atoms with Gasteiger partial charge in [0.1, 0.15) is 10.1 Å². The van der Waals surface area contributed by atoms with Crippen molar-refractivity contribution in [1.29, 1.82) is 0 Å². The van der Waals surface area contributed by atoms with Crippen molar-refractivity contribution in [3.63, 3.8) is 0 Å². The number of hydrogen-bond acceptors (Lipinski definition) is 5. The average Bonchev–Trinajstić information content (AvgIpc) is 2.70. The van der Waals surface area contributed by atoms with E-state index in [0.29, 0.717) is 15.9 Å². The maximum atomic E-state index is 10.9. The number of thiocarbonyl (C=S) groups is 2. The summed E-state index contributed by atoms with van der Waals surface area (Å²) >= 11 is 10.5. The van der Waals surface area contributed by atoms with Gasteiger partial charge in [-0.1, -0.05) is 18.5 Å². The van der Waals surface area contributed by atoms with Crippen LogP contribution in [0.2, 0.25) is 0 Å². The van der Waals surface area contributed by atoms with Crippen LogP contribution < -0.4 is 80.4 Å². The minimum Gasteiger partial charge on any atom is -0.744 e. The van der Waals surface area contributed by atoms with Crippen molar-refractivity contribution in [3.05, 3.63) is 54.6 Å². The van der Waals surface area contributed by atoms with Crippen LogP contribution in [-0.2, 0) is 10.1 Å². The monoisotopic (exact) mass is 510 g/mol. The summed E-state index contributed by atoms with van der Waals surface area (Å²) in [5.74, 6) is 0. The van der Waals surface area contributed by atoms with Crippen LogP contribution in [0.15, 0.2) is 53.4 Å². The van der Waals surface area contributed by atoms with Gasteiger partial charge in [0.2, 0.25) is 0 Å². The van der Waals surface area contributed by atoms with Crippen LogP contribution in [0.3, 0.4) is 0 Å². The number of rotatable bonds is 10. The first kappa shape index (κ1) is 31.7. The van der Waals surface area contributed by atoms with Crippen molar-refractivity contribution in [1.82, 2.24) is 10.6 Å². The molecule has 0 saturated heterocycles. The largest absolute Gasteiger partial charge is 1.00 e. The first-order valence-corrected chi connectivity index (χ1v) is 11.7. The smallest absolute Gasteiger partial charge is 0.744 e. The summed E-state index contributed by atoms with van der Waals surface area (Å²) in [5.41, 5.74) is 1.55. The molecule has 0 spiro atoms. The van der Waals surface area contributed by atoms with E-state index in [-0.39, 0.29) is 64.0 Å². The summed E-state index contributed by atoms with van der Waals surface area (Å²) in [5, 5.41) is 13.4. The second kappa shape index (κ2) is 17.2. The van der Waals surface area contributed by atoms with Crippen LogP contribution in [0.5, 0.6) is 0 Å². The standard InChI is InChI=1S/C20H25N4O3S3.2Na/c25-30(26,27)18-12-10-17(11-13-18)24-20(29)22-15-7-2-1-6-14-21-19(28)23-16-8-4-3-5-9-16;;/h4-5,8-13H,1-2,6-7,14-15H2,(H2,21,23,28)(H2,22,24,29)(H,25,26,27);;/q-1;2*+1/p-1. The second-order valence-electron chi connectivity index (χ2n) is 6.44. The van der Waals surface area contributed by atoms with Crippen LogP contribution in [-0.4, -0.2) is 36.3 Å². The van der Waals surface area contributed by atoms with Gasteiger partial charge in [-0.15, -0.1) is 12.1 Å². The van der Waals surface area contributed by atoms with Gasteiger partial charge >= 0.3 is 59.1 Å². The third kappa shape index (κ3) is 13.4. The van der Waals surface area contributed by atoms with E-state index in [4.69, 9.17) is 24.4 Å². The zero-order valence-corrected chi connectivity index (χ0v) is 24.8. The van der Waals surface area contributed by atoms with Gasteiger partial charge in [0.15, 0.2) is 10.2 Å². The molecule has 0 aliphatic heterocycles. The van der Waals surface area contributed by atoms with Gasteiger partial charge in [0.25, 0.3) is 0 Å². The Bertz CT molecular complexity index is 931. The summed E-state index contributed by atoms with van der Waals surface area (Å²) in [7, 11) is -4.44. The molecule has 2 aromatic carbocycles. The number of hydrogen-bond donors (Lipinski definition) is 4. The van der Waals surface area contributed by atoms with Crippen LogP contribution in [0.1, 0.15) is 25.7 Å². The van der Waals surface area contributed by atoms with Crippen molar-refractivity contribution >= 4 is 56.2 Å². The van der Waals surface area contributed by atoms with Crippen molar-refractivity contribution in [2.24, 2.45) is 0 Å². The number of nitrogens with one attached hydrogen (secondary N) is 4. The van der Waals surface area contributed by atoms with Crippen LogP contribution in [0, 0.1) is 6.07 Å². The Kier molecular flexibility index (Phi) is 17.1. The first-order valence-electron chi connectivity index (χ1n) is 9.46. The Morgan fingerprint density at radius 2 is 1.22 bits per heavy atom. The maximum Gasteiger partial charge on any atom is 1.00 e. The minimum absolute atomic E-state index is 0. The molecule has 0 aromatic heterocycles. The molecule has 0 unspecified atom stereocenters. The fourth-order valence-electron chi connectivity index (χ4n) is 2.53. The van der Waals surface area contributed by atoms with E-state index in [0.717, 1.165) is 44.5 Å². The van der Waals surface area contributed by atoms with Crippen LogP contribution in [0.4, 0.5) is 11.4 Å². The van der Waals surface area contributed by atoms with Crippen molar-refractivity contribution in [3.8, 4) is 0 Å². The molecule has 0 atom stereocenters. The van der Waals surface area contributed by atoms with E-state index >= 15 is 0 Å². The molecule has 4 N–H and O–H groups in total. The molecular formula is C20H24N4Na2O3S3. The zero-order valence-electron chi connectivity index (χ0n) is 18.3. The maximum absolute atomic E-state index is 10.9. The van der Waals surface area contributed by atoms with Gasteiger partial charge in [0.05, 0.1) is 4.90 Å². The fraction of sp³-hybridized carbons (Fsp3) is 0.300. The van der Waals surface area contributed by atoms with E-state index in [1.54, 1.807) is 0 Å². The molecule has 7 nitrogen and oxygen atoms in total. The van der Waals surface area contributed by atoms with Gasteiger partial charge in [0, 0.05) is 18.8 Å². The molecule has 2 rings (SSSR count). The molecule has 0 fully saturated rings. The van der Waals surface area contributed by atoms with Gasteiger partial charge in [-0.25, -0.2) is 8.42 Å². The number of unbranched alkanes of at least 4 members (excludes halogenated alkanes) is 3. The molecule has 0 bridgehead atoms. The van der Waals surface area contributed by atoms with Crippen molar-refractivity contribution < 1.29 is 72.1 Å². The third-order valence-corrected chi connectivity index (χ3v) is 5.39. The van der Waals surface area contributed by atoms with E-state index in [9.17, 15) is 13.0 Å². The summed E-state index contributed by atoms with van der Waals surface area (Å²) in [6.07, 6.45) is 4.12. The molecule has 0 amide bonds. The van der Waals surface area contributed by atoms with Gasteiger partial charge in [-0.3, -0.25) is 0 Å². The summed E-state index contributed by atoms with van der Waals surface area (Å²) < 4.78 is 32.7. The Morgan fingerprint density at radius 1 is 0.781 bits per heavy atom. The number of benzene rings is 2. The fourth-order valence-corrected chi connectivity index (χ4v) is 3.44. The molecule has 2 aromatic rings. The molecule has 12 heteroatoms. The summed E-state index contributed by atoms with van der Waals surface area (Å²) in [4.78, 5) is -0.267. The predicted molar refractivity (Wildman–Crippen MR) is 127 cm³/mol. The summed E-state index contributed by atoms with van der Waals surface area (Å²) in [6.45, 7) is 1.55. The van der Waals surface area contributed by atoms with Crippen LogP contribution >= 0.6 is 24.4 Å². The molecule has 32 heavy (non-hydrogen) atoms. The molecule has 0 saturated carbocycles. The zero-order chi connectivity index (χ0) is 21.8. The van der Waals surface area contributed by atoms with Crippen molar-refractivity contribution in [2.45, 2.75) is 30.6 Å². The average molecular weight is 511 g/mol. The summed E-state index contributed by atoms with van der Waals surface area (Å²) in [6, 6.07) is 15.9. The van der Waals surface area contributed by atoms with Gasteiger partial charge in [-0.05, 0) is 61.5 Å². The molecule has 0 heterocycles. The van der Waals surface area contributed by atoms with Crippen LogP contribution in [0.25, 0.3) is 0 Å². The Labute approximate surface area is 245 Å². The topological polar surface area (TPSA) is 105 Å². The second-order valence-corrected chi connectivity index (χ2v) is 8.64.